The van der Waals surface area contributed by atoms with Crippen LogP contribution in [0.3, 0.4) is 0 Å². The van der Waals surface area contributed by atoms with Crippen LogP contribution in [-0.4, -0.2) is 61.2 Å². The molecule has 0 aliphatic carbocycles. The standard InChI is InChI=1S/CH2O3.CO2.Ba/c2-1(3)4;2-1-3;/h(H2,2,3,4);;/q;;+2/p-2. The molecule has 40 valence electrons. The predicted octanol–water partition coefficient (Wildman–Crippen LogP) is -3.41. The van der Waals surface area contributed by atoms with Crippen molar-refractivity contribution in [3.8, 4) is 0 Å². The van der Waals surface area contributed by atoms with Gasteiger partial charge >= 0.3 is 55.0 Å². The van der Waals surface area contributed by atoms with Gasteiger partial charge in [0.25, 0.3) is 0 Å². The second kappa shape index (κ2) is 15.7. The Morgan fingerprint density at radius 3 is 1.25 bits per heavy atom. The van der Waals surface area contributed by atoms with Gasteiger partial charge in [0.05, 0.1) is 0 Å². The summed E-state index contributed by atoms with van der Waals surface area (Å²) in [6.45, 7) is 0. The van der Waals surface area contributed by atoms with Crippen molar-refractivity contribution < 1.29 is 24.6 Å². The SMILES string of the molecule is O=C([O-])[O-].O=C=O.[Ba+2]. The van der Waals surface area contributed by atoms with Crippen molar-refractivity contribution in [1.29, 1.82) is 0 Å². The van der Waals surface area contributed by atoms with Gasteiger partial charge in [-0.2, -0.15) is 9.59 Å². The van der Waals surface area contributed by atoms with Crippen LogP contribution < -0.4 is 10.2 Å². The molecule has 0 bridgehead atoms. The van der Waals surface area contributed by atoms with E-state index >= 15 is 0 Å². The summed E-state index contributed by atoms with van der Waals surface area (Å²) in [7, 11) is 0. The maximum atomic E-state index is 8.33. The Balaban J connectivity index is -0.0000000575. The van der Waals surface area contributed by atoms with Crippen molar-refractivity contribution in [2.24, 2.45) is 0 Å². The normalized spacial score (nSPS) is 4.00. The molecule has 0 amide bonds. The Kier molecular flexibility index (Phi) is 30.8. The maximum absolute atomic E-state index is 8.33. The molecule has 0 aliphatic heterocycles. The summed E-state index contributed by atoms with van der Waals surface area (Å²) >= 11 is 0. The van der Waals surface area contributed by atoms with Crippen LogP contribution >= 0.6 is 0 Å². The number of hydrogen-bond acceptors (Lipinski definition) is 5. The molecule has 0 N–H and O–H groups in total. The largest absolute Gasteiger partial charge is 2.00 e. The second-order valence-corrected chi connectivity index (χ2v) is 0.333. The first kappa shape index (κ1) is 15.7. The van der Waals surface area contributed by atoms with Crippen molar-refractivity contribution in [3.63, 3.8) is 0 Å². The predicted molar refractivity (Wildman–Crippen MR) is 16.2 cm³/mol. The van der Waals surface area contributed by atoms with Gasteiger partial charge in [0.15, 0.2) is 0 Å². The molecule has 0 saturated carbocycles. The van der Waals surface area contributed by atoms with Gasteiger partial charge in [-0.05, 0) is 6.16 Å². The summed E-state index contributed by atoms with van der Waals surface area (Å²) in [5, 5.41) is 16.7. The first-order valence-corrected chi connectivity index (χ1v) is 1.02. The van der Waals surface area contributed by atoms with Gasteiger partial charge in [-0.3, -0.25) is 0 Å². The van der Waals surface area contributed by atoms with Crippen molar-refractivity contribution in [3.05, 3.63) is 0 Å². The zero-order valence-corrected chi connectivity index (χ0v) is 8.19. The van der Waals surface area contributed by atoms with E-state index in [9.17, 15) is 0 Å². The Morgan fingerprint density at radius 1 is 1.25 bits per heavy atom. The summed E-state index contributed by atoms with van der Waals surface area (Å²) in [6.07, 6.45) is -2.08. The van der Waals surface area contributed by atoms with Crippen LogP contribution in [0.15, 0.2) is 0 Å². The molecule has 8 heavy (non-hydrogen) atoms. The number of hydrogen-bond donors (Lipinski definition) is 0. The van der Waals surface area contributed by atoms with Crippen LogP contribution in [0.5, 0.6) is 0 Å². The molecule has 0 fully saturated rings. The second-order valence-electron chi connectivity index (χ2n) is 0.333. The molecule has 0 aromatic carbocycles. The van der Waals surface area contributed by atoms with Crippen LogP contribution in [0.2, 0.25) is 0 Å². The number of carboxylic acid groups (broad SMARTS) is 2. The van der Waals surface area contributed by atoms with Gasteiger partial charge in [0.1, 0.15) is 0 Å². The summed E-state index contributed by atoms with van der Waals surface area (Å²) < 4.78 is 0. The van der Waals surface area contributed by atoms with Crippen molar-refractivity contribution in [1.82, 2.24) is 0 Å². The van der Waals surface area contributed by atoms with Gasteiger partial charge in [0.2, 0.25) is 0 Å². The van der Waals surface area contributed by atoms with E-state index in [1.54, 1.807) is 0 Å². The molecule has 0 aliphatic rings. The van der Waals surface area contributed by atoms with Crippen LogP contribution in [0.25, 0.3) is 0 Å². The van der Waals surface area contributed by atoms with Crippen LogP contribution in [-0.2, 0) is 9.59 Å². The van der Waals surface area contributed by atoms with Crippen molar-refractivity contribution in [2.45, 2.75) is 0 Å². The van der Waals surface area contributed by atoms with E-state index in [0.717, 1.165) is 0 Å². The topological polar surface area (TPSA) is 97.3 Å². The average molecular weight is 241 g/mol. The third-order valence-electron chi connectivity index (χ3n) is 0. The minimum Gasteiger partial charge on any atom is -0.652 e. The fraction of sp³-hybridized carbons (Fsp3) is 0. The van der Waals surface area contributed by atoms with Crippen LogP contribution in [0.1, 0.15) is 0 Å². The Bertz CT molecular complexity index is 78.4. The van der Waals surface area contributed by atoms with Gasteiger partial charge in [-0.25, -0.2) is 0 Å². The van der Waals surface area contributed by atoms with Gasteiger partial charge in [-0.1, -0.05) is 0 Å². The maximum Gasteiger partial charge on any atom is 2.00 e. The quantitative estimate of drug-likeness (QED) is 0.412. The zero-order valence-electron chi connectivity index (χ0n) is 3.75. The fourth-order valence-corrected chi connectivity index (χ4v) is 0. The van der Waals surface area contributed by atoms with Gasteiger partial charge in [-0.15, -0.1) is 0 Å². The van der Waals surface area contributed by atoms with E-state index in [1.165, 1.54) is 0 Å². The molecule has 0 spiro atoms. The monoisotopic (exact) mass is 242 g/mol. The Morgan fingerprint density at radius 2 is 1.25 bits per heavy atom. The third kappa shape index (κ3) is 3460. The van der Waals surface area contributed by atoms with E-state index in [0.29, 0.717) is 0 Å². The van der Waals surface area contributed by atoms with E-state index in [-0.39, 0.29) is 55.0 Å². The summed E-state index contributed by atoms with van der Waals surface area (Å²) in [5.74, 6) is 0. The van der Waals surface area contributed by atoms with E-state index in [2.05, 4.69) is 0 Å². The summed E-state index contributed by atoms with van der Waals surface area (Å²) in [5.41, 5.74) is 0. The third-order valence-corrected chi connectivity index (χ3v) is 0. The van der Waals surface area contributed by atoms with Crippen LogP contribution in [0.4, 0.5) is 4.79 Å². The first-order valence-electron chi connectivity index (χ1n) is 1.02. The number of carbonyl (C=O) groups is 1. The molecular weight excluding hydrogens is 241 g/mol. The van der Waals surface area contributed by atoms with Crippen molar-refractivity contribution >= 4 is 61.2 Å². The van der Waals surface area contributed by atoms with E-state index in [4.69, 9.17) is 24.6 Å². The molecule has 0 aromatic heterocycles. The van der Waals surface area contributed by atoms with Gasteiger partial charge in [0, 0.05) is 0 Å². The average Bonchev–Trinajstić information content (AvgIpc) is 1.33. The molecule has 5 nitrogen and oxygen atoms in total. The van der Waals surface area contributed by atoms with E-state index in [1.807, 2.05) is 0 Å². The molecule has 0 atom stereocenters. The molecule has 0 heterocycles. The first-order chi connectivity index (χ1) is 3.15. The Labute approximate surface area is 84.8 Å². The molecular formula is C2BaO5. The molecule has 0 radical (unpaired) electrons. The number of rotatable bonds is 0. The summed E-state index contributed by atoms with van der Waals surface area (Å²) in [4.78, 5) is 24.6. The minimum atomic E-state index is -2.33. The van der Waals surface area contributed by atoms with E-state index < -0.39 is 6.16 Å². The Hall–Kier alpha value is 0.221. The number of carbonyl (C=O) groups excluding carboxylic acids is 3. The minimum absolute atomic E-state index is 0. The fourth-order valence-electron chi connectivity index (χ4n) is 0. The molecule has 0 unspecified atom stereocenters. The van der Waals surface area contributed by atoms with Crippen molar-refractivity contribution in [2.75, 3.05) is 0 Å². The zero-order chi connectivity index (χ0) is 6.28. The molecule has 0 aromatic rings. The molecule has 0 rings (SSSR count). The van der Waals surface area contributed by atoms with Crippen LogP contribution in [0, 0.1) is 0 Å². The summed E-state index contributed by atoms with van der Waals surface area (Å²) in [6, 6.07) is 0. The molecule has 0 saturated heterocycles. The smallest absolute Gasteiger partial charge is 0.652 e. The van der Waals surface area contributed by atoms with Gasteiger partial charge < -0.3 is 15.0 Å². The molecule has 6 heteroatoms.